The van der Waals surface area contributed by atoms with Crippen molar-refractivity contribution in [3.63, 3.8) is 0 Å². The summed E-state index contributed by atoms with van der Waals surface area (Å²) < 4.78 is 0. The van der Waals surface area contributed by atoms with Gasteiger partial charge in [0, 0.05) is 22.4 Å². The van der Waals surface area contributed by atoms with Gasteiger partial charge in [-0.25, -0.2) is 4.98 Å². The van der Waals surface area contributed by atoms with E-state index >= 15 is 0 Å². The maximum Gasteiger partial charge on any atom is 0.0972 e. The number of hydrogen-bond acceptors (Lipinski definition) is 2. The average molecular weight is 433 g/mol. The molecule has 2 heteroatoms. The zero-order valence-corrected chi connectivity index (χ0v) is 18.4. The average Bonchev–Trinajstić information content (AvgIpc) is 2.92. The molecule has 0 aliphatic heterocycles. The van der Waals surface area contributed by atoms with Crippen LogP contribution in [0.2, 0.25) is 0 Å². The van der Waals surface area contributed by atoms with E-state index in [1.165, 1.54) is 37.9 Å². The van der Waals surface area contributed by atoms with E-state index in [-0.39, 0.29) is 0 Å². The Bertz CT molecular complexity index is 1850. The predicted molar refractivity (Wildman–Crippen MR) is 143 cm³/mol. The highest BCUT2D eigenvalue weighted by Gasteiger charge is 2.14. The summed E-state index contributed by atoms with van der Waals surface area (Å²) >= 11 is 0. The fourth-order valence-corrected chi connectivity index (χ4v) is 5.03. The summed E-state index contributed by atoms with van der Waals surface area (Å²) in [7, 11) is 0. The number of hydrogen-bond donors (Lipinski definition) is 0. The van der Waals surface area contributed by atoms with Gasteiger partial charge in [-0.2, -0.15) is 0 Å². The van der Waals surface area contributed by atoms with E-state index in [9.17, 15) is 0 Å². The Morgan fingerprint density at radius 1 is 0.471 bits per heavy atom. The number of aromatic nitrogens is 2. The van der Waals surface area contributed by atoms with Gasteiger partial charge in [0.1, 0.15) is 0 Å². The van der Waals surface area contributed by atoms with Gasteiger partial charge in [0.2, 0.25) is 0 Å². The van der Waals surface area contributed by atoms with E-state index in [4.69, 9.17) is 9.97 Å². The Balaban J connectivity index is 1.50. The number of pyridine rings is 2. The number of nitrogens with zero attached hydrogens (tertiary/aromatic N) is 2. The Morgan fingerprint density at radius 2 is 1.18 bits per heavy atom. The van der Waals surface area contributed by atoms with Gasteiger partial charge in [-0.3, -0.25) is 4.98 Å². The fraction of sp³-hybridized carbons (Fsp3) is 0. The first kappa shape index (κ1) is 19.0. The second-order valence-electron chi connectivity index (χ2n) is 8.68. The van der Waals surface area contributed by atoms with Gasteiger partial charge in [0.25, 0.3) is 0 Å². The molecule has 5 aromatic carbocycles. The largest absolute Gasteiger partial charge is 0.255 e. The molecule has 0 aliphatic carbocycles. The second-order valence-corrected chi connectivity index (χ2v) is 8.68. The third kappa shape index (κ3) is 2.96. The summed E-state index contributed by atoms with van der Waals surface area (Å²) in [5.74, 6) is 0. The molecule has 7 rings (SSSR count). The molecule has 158 valence electrons. The zero-order chi connectivity index (χ0) is 22.5. The number of benzene rings is 5. The van der Waals surface area contributed by atoms with Crippen LogP contribution < -0.4 is 0 Å². The molecular formula is C32H20N2. The maximum absolute atomic E-state index is 5.10. The number of rotatable bonds is 2. The second kappa shape index (κ2) is 7.50. The highest BCUT2D eigenvalue weighted by Crippen LogP contribution is 2.37. The van der Waals surface area contributed by atoms with E-state index in [1.807, 2.05) is 6.20 Å². The third-order valence-electron chi connectivity index (χ3n) is 6.68. The zero-order valence-electron chi connectivity index (χ0n) is 18.4. The third-order valence-corrected chi connectivity index (χ3v) is 6.68. The molecule has 0 spiro atoms. The molecule has 0 unspecified atom stereocenters. The SMILES string of the molecule is c1ccc2cc(-c3ccnc(-c4nc5ccccc5c5c4ccc4ccccc45)c3)ccc2c1. The minimum Gasteiger partial charge on any atom is -0.255 e. The van der Waals surface area contributed by atoms with Gasteiger partial charge in [-0.15, -0.1) is 0 Å². The van der Waals surface area contributed by atoms with Crippen molar-refractivity contribution in [3.8, 4) is 22.5 Å². The molecule has 0 bridgehead atoms. The lowest BCUT2D eigenvalue weighted by molar-refractivity contribution is 1.29. The number of fused-ring (bicyclic) bond motifs is 6. The molecular weight excluding hydrogens is 412 g/mol. The lowest BCUT2D eigenvalue weighted by atomic mass is 9.95. The van der Waals surface area contributed by atoms with Crippen LogP contribution in [0.3, 0.4) is 0 Å². The Hall–Kier alpha value is -4.56. The lowest BCUT2D eigenvalue weighted by Crippen LogP contribution is -1.93. The Morgan fingerprint density at radius 3 is 2.09 bits per heavy atom. The molecule has 34 heavy (non-hydrogen) atoms. The van der Waals surface area contributed by atoms with E-state index < -0.39 is 0 Å². The van der Waals surface area contributed by atoms with Gasteiger partial charge in [0.05, 0.1) is 16.9 Å². The van der Waals surface area contributed by atoms with Crippen molar-refractivity contribution >= 4 is 43.2 Å². The first-order chi connectivity index (χ1) is 16.8. The van der Waals surface area contributed by atoms with Crippen molar-refractivity contribution in [1.82, 2.24) is 9.97 Å². The summed E-state index contributed by atoms with van der Waals surface area (Å²) in [6.45, 7) is 0. The molecule has 0 N–H and O–H groups in total. The van der Waals surface area contributed by atoms with Crippen molar-refractivity contribution in [2.45, 2.75) is 0 Å². The lowest BCUT2D eigenvalue weighted by Gasteiger charge is -2.13. The van der Waals surface area contributed by atoms with Crippen LogP contribution in [0.1, 0.15) is 0 Å². The maximum atomic E-state index is 5.10. The van der Waals surface area contributed by atoms with Crippen LogP contribution in [0.15, 0.2) is 121 Å². The minimum atomic E-state index is 0.886. The smallest absolute Gasteiger partial charge is 0.0972 e. The molecule has 0 radical (unpaired) electrons. The Kier molecular flexibility index (Phi) is 4.18. The molecule has 0 saturated carbocycles. The van der Waals surface area contributed by atoms with E-state index in [2.05, 4.69) is 115 Å². The first-order valence-electron chi connectivity index (χ1n) is 11.5. The van der Waals surface area contributed by atoms with Crippen molar-refractivity contribution in [2.24, 2.45) is 0 Å². The van der Waals surface area contributed by atoms with Crippen LogP contribution >= 0.6 is 0 Å². The van der Waals surface area contributed by atoms with E-state index in [1.54, 1.807) is 0 Å². The molecule has 2 heterocycles. The summed E-state index contributed by atoms with van der Waals surface area (Å²) in [5, 5.41) is 8.48. The molecule has 0 amide bonds. The van der Waals surface area contributed by atoms with Gasteiger partial charge >= 0.3 is 0 Å². The molecule has 0 atom stereocenters. The van der Waals surface area contributed by atoms with Gasteiger partial charge in [0.15, 0.2) is 0 Å². The van der Waals surface area contributed by atoms with Crippen LogP contribution in [-0.4, -0.2) is 9.97 Å². The van der Waals surface area contributed by atoms with Gasteiger partial charge in [-0.05, 0) is 56.9 Å². The topological polar surface area (TPSA) is 25.8 Å². The highest BCUT2D eigenvalue weighted by atomic mass is 14.8. The van der Waals surface area contributed by atoms with Crippen molar-refractivity contribution < 1.29 is 0 Å². The molecule has 0 saturated heterocycles. The summed E-state index contributed by atoms with van der Waals surface area (Å²) in [6, 6.07) is 40.6. The summed E-state index contributed by atoms with van der Waals surface area (Å²) in [4.78, 5) is 9.87. The van der Waals surface area contributed by atoms with Crippen LogP contribution in [0, 0.1) is 0 Å². The fourth-order valence-electron chi connectivity index (χ4n) is 5.03. The first-order valence-corrected chi connectivity index (χ1v) is 11.5. The number of para-hydroxylation sites is 1. The molecule has 2 nitrogen and oxygen atoms in total. The van der Waals surface area contributed by atoms with Crippen molar-refractivity contribution in [3.05, 3.63) is 121 Å². The monoisotopic (exact) mass is 432 g/mol. The normalized spacial score (nSPS) is 11.5. The Labute approximate surface area is 197 Å². The van der Waals surface area contributed by atoms with Gasteiger partial charge < -0.3 is 0 Å². The van der Waals surface area contributed by atoms with Crippen LogP contribution in [0.25, 0.3) is 65.7 Å². The van der Waals surface area contributed by atoms with E-state index in [0.717, 1.165) is 27.9 Å². The summed E-state index contributed by atoms with van der Waals surface area (Å²) in [5.41, 5.74) is 5.11. The van der Waals surface area contributed by atoms with Crippen LogP contribution in [0.5, 0.6) is 0 Å². The van der Waals surface area contributed by atoms with Crippen LogP contribution in [0.4, 0.5) is 0 Å². The molecule has 0 fully saturated rings. The molecule has 2 aromatic heterocycles. The quantitative estimate of drug-likeness (QED) is 0.256. The predicted octanol–water partition coefficient (Wildman–Crippen LogP) is 8.42. The highest BCUT2D eigenvalue weighted by molar-refractivity contribution is 6.22. The minimum absolute atomic E-state index is 0.886. The molecule has 7 aromatic rings. The van der Waals surface area contributed by atoms with Gasteiger partial charge in [-0.1, -0.05) is 91.0 Å². The van der Waals surface area contributed by atoms with Crippen molar-refractivity contribution in [1.29, 1.82) is 0 Å². The molecule has 0 aliphatic rings. The van der Waals surface area contributed by atoms with E-state index in [0.29, 0.717) is 0 Å². The van der Waals surface area contributed by atoms with Crippen molar-refractivity contribution in [2.75, 3.05) is 0 Å². The van der Waals surface area contributed by atoms with Crippen LogP contribution in [-0.2, 0) is 0 Å². The summed E-state index contributed by atoms with van der Waals surface area (Å²) in [6.07, 6.45) is 1.89. The standard InChI is InChI=1S/C32H20N2/c1-2-9-23-19-24(14-13-21(23)7-1)25-17-18-33-30(20-25)32-28-16-15-22-8-3-4-10-26(22)31(28)27-11-5-6-12-29(27)34-32/h1-20H.